The molecule has 0 aliphatic heterocycles. The molecule has 5 nitrogen and oxygen atoms in total. The zero-order valence-corrected chi connectivity index (χ0v) is 9.55. The Kier molecular flexibility index (Phi) is 4.54. The summed E-state index contributed by atoms with van der Waals surface area (Å²) in [7, 11) is 0. The SMILES string of the molecule is Nc1nc(N)c2cc(Cl)ccc2n1.[Cl-].[NH4+]. The third kappa shape index (κ3) is 2.59. The van der Waals surface area contributed by atoms with Crippen molar-refractivity contribution in [1.82, 2.24) is 16.1 Å². The second-order valence-corrected chi connectivity index (χ2v) is 3.06. The van der Waals surface area contributed by atoms with Crippen molar-refractivity contribution in [2.75, 3.05) is 11.5 Å². The van der Waals surface area contributed by atoms with Crippen molar-refractivity contribution in [3.05, 3.63) is 23.2 Å². The van der Waals surface area contributed by atoms with Crippen molar-refractivity contribution in [2.45, 2.75) is 0 Å². The van der Waals surface area contributed by atoms with Crippen LogP contribution in [0, 0.1) is 0 Å². The smallest absolute Gasteiger partial charge is 0.222 e. The summed E-state index contributed by atoms with van der Waals surface area (Å²) in [4.78, 5) is 7.83. The number of fused-ring (bicyclic) bond motifs is 1. The fourth-order valence-electron chi connectivity index (χ4n) is 1.14. The highest BCUT2D eigenvalue weighted by Gasteiger charge is 2.02. The van der Waals surface area contributed by atoms with E-state index in [0.717, 1.165) is 5.39 Å². The molecule has 0 atom stereocenters. The van der Waals surface area contributed by atoms with Gasteiger partial charge in [0.15, 0.2) is 0 Å². The molecule has 82 valence electrons. The highest BCUT2D eigenvalue weighted by atomic mass is 35.5. The van der Waals surface area contributed by atoms with E-state index in [1.807, 2.05) is 0 Å². The van der Waals surface area contributed by atoms with Crippen molar-refractivity contribution < 1.29 is 12.4 Å². The second-order valence-electron chi connectivity index (χ2n) is 2.63. The fourth-order valence-corrected chi connectivity index (χ4v) is 1.32. The topological polar surface area (TPSA) is 114 Å². The summed E-state index contributed by atoms with van der Waals surface area (Å²) >= 11 is 5.79. The molecule has 15 heavy (non-hydrogen) atoms. The number of nitrogens with zero attached hydrogens (tertiary/aromatic N) is 2. The summed E-state index contributed by atoms with van der Waals surface area (Å²) in [6.45, 7) is 0. The minimum atomic E-state index is 0. The van der Waals surface area contributed by atoms with Gasteiger partial charge in [0.1, 0.15) is 5.82 Å². The quantitative estimate of drug-likeness (QED) is 0.544. The molecule has 2 rings (SSSR count). The van der Waals surface area contributed by atoms with E-state index in [1.54, 1.807) is 18.2 Å². The number of halogens is 2. The zero-order valence-electron chi connectivity index (χ0n) is 8.04. The number of rotatable bonds is 0. The number of hydrogen-bond donors (Lipinski definition) is 3. The summed E-state index contributed by atoms with van der Waals surface area (Å²) < 4.78 is 0. The number of quaternary nitrogens is 1. The Morgan fingerprint density at radius 3 is 2.47 bits per heavy atom. The van der Waals surface area contributed by atoms with Crippen LogP contribution in [-0.2, 0) is 0 Å². The molecule has 0 bridgehead atoms. The van der Waals surface area contributed by atoms with Gasteiger partial charge in [-0.15, -0.1) is 0 Å². The van der Waals surface area contributed by atoms with Gasteiger partial charge < -0.3 is 30.0 Å². The summed E-state index contributed by atoms with van der Waals surface area (Å²) in [5.41, 5.74) is 11.8. The number of aromatic nitrogens is 2. The average Bonchev–Trinajstić information content (AvgIpc) is 2.06. The van der Waals surface area contributed by atoms with Crippen LogP contribution in [0.25, 0.3) is 10.9 Å². The number of anilines is 2. The van der Waals surface area contributed by atoms with Crippen LogP contribution < -0.4 is 30.0 Å². The van der Waals surface area contributed by atoms with Crippen molar-refractivity contribution in [2.24, 2.45) is 0 Å². The molecule has 1 aromatic heterocycles. The maximum absolute atomic E-state index is 5.79. The van der Waals surface area contributed by atoms with E-state index in [9.17, 15) is 0 Å². The van der Waals surface area contributed by atoms with Gasteiger partial charge in [-0.1, -0.05) is 11.6 Å². The van der Waals surface area contributed by atoms with Gasteiger partial charge in [0, 0.05) is 10.4 Å². The molecule has 0 saturated carbocycles. The Morgan fingerprint density at radius 2 is 1.80 bits per heavy atom. The summed E-state index contributed by atoms with van der Waals surface area (Å²) in [6, 6.07) is 5.20. The molecule has 1 aromatic carbocycles. The van der Waals surface area contributed by atoms with Gasteiger partial charge in [-0.25, -0.2) is 4.98 Å². The number of hydrogen-bond acceptors (Lipinski definition) is 4. The van der Waals surface area contributed by atoms with Crippen LogP contribution in [-0.4, -0.2) is 9.97 Å². The molecule has 0 unspecified atom stereocenters. The Balaban J connectivity index is 0.000000980. The van der Waals surface area contributed by atoms with Gasteiger partial charge in [0.05, 0.1) is 5.52 Å². The molecule has 2 aromatic rings. The van der Waals surface area contributed by atoms with Crippen LogP contribution in [0.3, 0.4) is 0 Å². The monoisotopic (exact) mass is 247 g/mol. The summed E-state index contributed by atoms with van der Waals surface area (Å²) in [5, 5.41) is 1.33. The molecule has 1 heterocycles. The first-order valence-corrected chi connectivity index (χ1v) is 4.03. The minimum Gasteiger partial charge on any atom is -1.00 e. The first-order valence-electron chi connectivity index (χ1n) is 3.65. The third-order valence-electron chi connectivity index (χ3n) is 1.70. The lowest BCUT2D eigenvalue weighted by Gasteiger charge is -2.01. The first-order chi connectivity index (χ1) is 6.16. The molecule has 0 aliphatic rings. The van der Waals surface area contributed by atoms with Gasteiger partial charge in [-0.3, -0.25) is 0 Å². The fraction of sp³-hybridized carbons (Fsp3) is 0. The molecular weight excluding hydrogens is 237 g/mol. The lowest BCUT2D eigenvalue weighted by molar-refractivity contribution is -0.00000325. The largest absolute Gasteiger partial charge is 1.00 e. The lowest BCUT2D eigenvalue weighted by Crippen LogP contribution is -3.00. The zero-order chi connectivity index (χ0) is 9.42. The predicted molar refractivity (Wildman–Crippen MR) is 59.4 cm³/mol. The molecule has 0 saturated heterocycles. The highest BCUT2D eigenvalue weighted by molar-refractivity contribution is 6.31. The highest BCUT2D eigenvalue weighted by Crippen LogP contribution is 2.22. The Hall–Kier alpha value is -1.30. The van der Waals surface area contributed by atoms with Crippen LogP contribution in [0.5, 0.6) is 0 Å². The maximum Gasteiger partial charge on any atom is 0.222 e. The van der Waals surface area contributed by atoms with Crippen LogP contribution >= 0.6 is 11.6 Å². The summed E-state index contributed by atoms with van der Waals surface area (Å²) in [5.74, 6) is 0.525. The molecule has 0 spiro atoms. The molecule has 7 heteroatoms. The minimum absolute atomic E-state index is 0. The second kappa shape index (κ2) is 4.97. The first kappa shape index (κ1) is 13.7. The van der Waals surface area contributed by atoms with Crippen molar-refractivity contribution in [1.29, 1.82) is 0 Å². The van der Waals surface area contributed by atoms with Crippen LogP contribution in [0.4, 0.5) is 11.8 Å². The van der Waals surface area contributed by atoms with Crippen molar-refractivity contribution in [3.63, 3.8) is 0 Å². The van der Waals surface area contributed by atoms with E-state index in [-0.39, 0.29) is 24.5 Å². The van der Waals surface area contributed by atoms with E-state index in [1.165, 1.54) is 0 Å². The average molecular weight is 248 g/mol. The predicted octanol–water partition coefficient (Wildman–Crippen LogP) is -1.17. The Labute approximate surface area is 97.8 Å². The number of benzene rings is 1. The molecule has 8 N–H and O–H groups in total. The molecule has 0 radical (unpaired) electrons. The Bertz CT molecular complexity index is 474. The van der Waals surface area contributed by atoms with Gasteiger partial charge in [0.2, 0.25) is 5.95 Å². The van der Waals surface area contributed by atoms with E-state index in [2.05, 4.69) is 9.97 Å². The molecule has 0 amide bonds. The number of nitrogen functional groups attached to an aromatic ring is 2. The van der Waals surface area contributed by atoms with E-state index in [4.69, 9.17) is 23.1 Å². The van der Waals surface area contributed by atoms with Crippen LogP contribution in [0.15, 0.2) is 18.2 Å². The lowest BCUT2D eigenvalue weighted by atomic mass is 10.2. The van der Waals surface area contributed by atoms with Gasteiger partial charge in [-0.2, -0.15) is 4.98 Å². The Morgan fingerprint density at radius 1 is 1.13 bits per heavy atom. The standard InChI is InChI=1S/C8H7ClN4.ClH.H3N/c9-4-1-2-6-5(3-4)7(10)13-8(11)12-6;;/h1-3H,(H4,10,11,12,13);1H;1H3. The van der Waals surface area contributed by atoms with Crippen molar-refractivity contribution >= 4 is 34.3 Å². The number of nitrogens with two attached hydrogens (primary N) is 2. The third-order valence-corrected chi connectivity index (χ3v) is 1.94. The van der Waals surface area contributed by atoms with E-state index in [0.29, 0.717) is 16.4 Å². The molecule has 0 aliphatic carbocycles. The molecular formula is C8H11Cl2N5. The normalized spacial score (nSPS) is 9.13. The van der Waals surface area contributed by atoms with Gasteiger partial charge in [-0.05, 0) is 18.2 Å². The van der Waals surface area contributed by atoms with Gasteiger partial charge in [0.25, 0.3) is 0 Å². The van der Waals surface area contributed by atoms with Gasteiger partial charge >= 0.3 is 0 Å². The maximum atomic E-state index is 5.79. The van der Waals surface area contributed by atoms with E-state index < -0.39 is 0 Å². The van der Waals surface area contributed by atoms with Crippen LogP contribution in [0.1, 0.15) is 0 Å². The van der Waals surface area contributed by atoms with E-state index >= 15 is 0 Å². The van der Waals surface area contributed by atoms with Crippen molar-refractivity contribution in [3.8, 4) is 0 Å². The summed E-state index contributed by atoms with van der Waals surface area (Å²) in [6.07, 6.45) is 0. The molecule has 0 fully saturated rings. The van der Waals surface area contributed by atoms with Crippen LogP contribution in [0.2, 0.25) is 5.02 Å².